The molecule has 1 aliphatic rings. The summed E-state index contributed by atoms with van der Waals surface area (Å²) >= 11 is 6.32. The van der Waals surface area contributed by atoms with Crippen LogP contribution in [-0.4, -0.2) is 34.7 Å². The minimum absolute atomic E-state index is 0.122. The molecule has 1 saturated heterocycles. The number of benzene rings is 2. The van der Waals surface area contributed by atoms with Crippen molar-refractivity contribution in [3.05, 3.63) is 40.9 Å². The van der Waals surface area contributed by atoms with Crippen molar-refractivity contribution in [1.82, 2.24) is 4.90 Å². The van der Waals surface area contributed by atoms with Gasteiger partial charge in [0.05, 0.1) is 11.3 Å². The molecule has 128 valence electrons. The number of rotatable bonds is 1. The van der Waals surface area contributed by atoms with Gasteiger partial charge in [-0.15, -0.1) is 0 Å². The fourth-order valence-corrected chi connectivity index (χ4v) is 3.61. The number of carbonyl (C=O) groups is 1. The highest BCUT2D eigenvalue weighted by molar-refractivity contribution is 6.36. The number of aryl methyl sites for hydroxylation is 1. The van der Waals surface area contributed by atoms with Crippen LogP contribution in [0.25, 0.3) is 10.8 Å². The van der Waals surface area contributed by atoms with E-state index in [0.29, 0.717) is 24.5 Å². The van der Waals surface area contributed by atoms with Gasteiger partial charge in [-0.2, -0.15) is 0 Å². The van der Waals surface area contributed by atoms with Gasteiger partial charge in [0.2, 0.25) is 0 Å². The zero-order chi connectivity index (χ0) is 17.3. The van der Waals surface area contributed by atoms with E-state index in [-0.39, 0.29) is 6.03 Å². The number of urea groups is 1. The first kappa shape index (κ1) is 17.1. The van der Waals surface area contributed by atoms with Crippen molar-refractivity contribution >= 4 is 34.1 Å². The molecule has 5 heteroatoms. The standard InChI is InChI=1S/C19H23ClN2O2/c1-13-12-16(20)14-6-3-4-7-15(14)17(13)21-18(23)22-10-5-8-19(2,24)9-11-22/h3-4,6-7,12,24H,5,8-11H2,1-2H3,(H,21,23). The number of halogens is 1. The highest BCUT2D eigenvalue weighted by Gasteiger charge is 2.27. The normalized spacial score (nSPS) is 21.6. The Morgan fingerprint density at radius 1 is 1.25 bits per heavy atom. The number of hydrogen-bond acceptors (Lipinski definition) is 2. The Labute approximate surface area is 147 Å². The van der Waals surface area contributed by atoms with Crippen LogP contribution < -0.4 is 5.32 Å². The Morgan fingerprint density at radius 3 is 2.71 bits per heavy atom. The minimum Gasteiger partial charge on any atom is -0.390 e. The average Bonchev–Trinajstić information content (AvgIpc) is 2.72. The van der Waals surface area contributed by atoms with Crippen LogP contribution in [0.2, 0.25) is 5.02 Å². The van der Waals surface area contributed by atoms with Gasteiger partial charge in [0.15, 0.2) is 0 Å². The van der Waals surface area contributed by atoms with E-state index in [2.05, 4.69) is 5.32 Å². The van der Waals surface area contributed by atoms with Gasteiger partial charge in [0.25, 0.3) is 0 Å². The number of anilines is 1. The van der Waals surface area contributed by atoms with Crippen LogP contribution in [0, 0.1) is 6.92 Å². The minimum atomic E-state index is -0.683. The molecule has 1 heterocycles. The van der Waals surface area contributed by atoms with Crippen LogP contribution in [-0.2, 0) is 0 Å². The Kier molecular flexibility index (Phi) is 4.70. The van der Waals surface area contributed by atoms with Crippen molar-refractivity contribution in [3.63, 3.8) is 0 Å². The summed E-state index contributed by atoms with van der Waals surface area (Å²) in [6.45, 7) is 5.00. The highest BCUT2D eigenvalue weighted by Crippen LogP contribution is 2.33. The van der Waals surface area contributed by atoms with E-state index in [1.165, 1.54) is 0 Å². The first-order valence-corrected chi connectivity index (χ1v) is 8.71. The molecule has 0 radical (unpaired) electrons. The highest BCUT2D eigenvalue weighted by atomic mass is 35.5. The molecule has 0 spiro atoms. The summed E-state index contributed by atoms with van der Waals surface area (Å²) in [6.07, 6.45) is 2.13. The Hall–Kier alpha value is -1.78. The summed E-state index contributed by atoms with van der Waals surface area (Å²) in [5.41, 5.74) is 1.06. The number of nitrogens with one attached hydrogen (secondary N) is 1. The molecule has 24 heavy (non-hydrogen) atoms. The molecule has 1 unspecified atom stereocenters. The van der Waals surface area contributed by atoms with Crippen molar-refractivity contribution in [2.24, 2.45) is 0 Å². The summed E-state index contributed by atoms with van der Waals surface area (Å²) < 4.78 is 0. The number of aliphatic hydroxyl groups is 1. The molecule has 0 aromatic heterocycles. The average molecular weight is 347 g/mol. The van der Waals surface area contributed by atoms with E-state index >= 15 is 0 Å². The number of amides is 2. The molecule has 1 atom stereocenters. The molecule has 0 aliphatic carbocycles. The van der Waals surface area contributed by atoms with Gasteiger partial charge in [-0.1, -0.05) is 35.9 Å². The number of carbonyl (C=O) groups excluding carboxylic acids is 1. The molecule has 2 amide bonds. The van der Waals surface area contributed by atoms with Gasteiger partial charge in [-0.3, -0.25) is 0 Å². The molecule has 4 nitrogen and oxygen atoms in total. The Bertz CT molecular complexity index is 773. The van der Waals surface area contributed by atoms with Gasteiger partial charge < -0.3 is 15.3 Å². The third-order valence-electron chi connectivity index (χ3n) is 4.77. The van der Waals surface area contributed by atoms with Gasteiger partial charge >= 0.3 is 6.03 Å². The summed E-state index contributed by atoms with van der Waals surface area (Å²) in [5.74, 6) is 0. The molecular weight excluding hydrogens is 324 g/mol. The summed E-state index contributed by atoms with van der Waals surface area (Å²) in [7, 11) is 0. The number of likely N-dealkylation sites (tertiary alicyclic amines) is 1. The number of hydrogen-bond donors (Lipinski definition) is 2. The van der Waals surface area contributed by atoms with E-state index in [0.717, 1.165) is 34.9 Å². The third kappa shape index (κ3) is 3.50. The molecule has 0 saturated carbocycles. The third-order valence-corrected chi connectivity index (χ3v) is 5.09. The molecule has 2 aromatic rings. The first-order valence-electron chi connectivity index (χ1n) is 8.33. The lowest BCUT2D eigenvalue weighted by atomic mass is 9.98. The first-order chi connectivity index (χ1) is 11.4. The van der Waals surface area contributed by atoms with Crippen molar-refractivity contribution in [2.75, 3.05) is 18.4 Å². The molecule has 2 aromatic carbocycles. The zero-order valence-electron chi connectivity index (χ0n) is 14.1. The maximum atomic E-state index is 12.7. The quantitative estimate of drug-likeness (QED) is 0.794. The predicted octanol–water partition coefficient (Wildman–Crippen LogP) is 4.57. The lowest BCUT2D eigenvalue weighted by Gasteiger charge is -2.24. The van der Waals surface area contributed by atoms with E-state index in [9.17, 15) is 9.90 Å². The van der Waals surface area contributed by atoms with Gasteiger partial charge in [0, 0.05) is 28.9 Å². The van der Waals surface area contributed by atoms with E-state index < -0.39 is 5.60 Å². The van der Waals surface area contributed by atoms with Crippen molar-refractivity contribution in [3.8, 4) is 0 Å². The maximum absolute atomic E-state index is 12.7. The largest absolute Gasteiger partial charge is 0.390 e. The summed E-state index contributed by atoms with van der Waals surface area (Å²) in [6, 6.07) is 9.56. The zero-order valence-corrected chi connectivity index (χ0v) is 14.9. The maximum Gasteiger partial charge on any atom is 0.321 e. The fourth-order valence-electron chi connectivity index (χ4n) is 3.28. The van der Waals surface area contributed by atoms with Crippen molar-refractivity contribution < 1.29 is 9.90 Å². The van der Waals surface area contributed by atoms with E-state index in [4.69, 9.17) is 11.6 Å². The van der Waals surface area contributed by atoms with E-state index in [1.807, 2.05) is 44.2 Å². The molecule has 0 bridgehead atoms. The van der Waals surface area contributed by atoms with Crippen LogP contribution >= 0.6 is 11.6 Å². The van der Waals surface area contributed by atoms with Crippen LogP contribution in [0.3, 0.4) is 0 Å². The second-order valence-corrected chi connectivity index (χ2v) is 7.27. The smallest absolute Gasteiger partial charge is 0.321 e. The van der Waals surface area contributed by atoms with Crippen molar-refractivity contribution in [2.45, 2.75) is 38.7 Å². The van der Waals surface area contributed by atoms with Gasteiger partial charge in [-0.05, 0) is 44.7 Å². The predicted molar refractivity (Wildman–Crippen MR) is 98.8 cm³/mol. The lowest BCUT2D eigenvalue weighted by Crippen LogP contribution is -2.36. The molecule has 2 N–H and O–H groups in total. The number of fused-ring (bicyclic) bond motifs is 1. The molecule has 1 aliphatic heterocycles. The topological polar surface area (TPSA) is 52.6 Å². The SMILES string of the molecule is Cc1cc(Cl)c2ccccc2c1NC(=O)N1CCCC(C)(O)CC1. The molecular formula is C19H23ClN2O2. The van der Waals surface area contributed by atoms with Crippen LogP contribution in [0.5, 0.6) is 0 Å². The Balaban J connectivity index is 1.86. The van der Waals surface area contributed by atoms with Crippen LogP contribution in [0.15, 0.2) is 30.3 Å². The lowest BCUT2D eigenvalue weighted by molar-refractivity contribution is 0.0458. The number of nitrogens with zero attached hydrogens (tertiary/aromatic N) is 1. The monoisotopic (exact) mass is 346 g/mol. The summed E-state index contributed by atoms with van der Waals surface area (Å²) in [5, 5.41) is 15.8. The van der Waals surface area contributed by atoms with Crippen LogP contribution in [0.1, 0.15) is 31.7 Å². The van der Waals surface area contributed by atoms with Crippen LogP contribution in [0.4, 0.5) is 10.5 Å². The second kappa shape index (κ2) is 6.61. The molecule has 3 rings (SSSR count). The van der Waals surface area contributed by atoms with Gasteiger partial charge in [0.1, 0.15) is 0 Å². The molecule has 1 fully saturated rings. The van der Waals surface area contributed by atoms with Crippen molar-refractivity contribution in [1.29, 1.82) is 0 Å². The Morgan fingerprint density at radius 2 is 1.96 bits per heavy atom. The van der Waals surface area contributed by atoms with E-state index in [1.54, 1.807) is 4.90 Å². The fraction of sp³-hybridized carbons (Fsp3) is 0.421. The van der Waals surface area contributed by atoms with Gasteiger partial charge in [-0.25, -0.2) is 4.79 Å². The summed E-state index contributed by atoms with van der Waals surface area (Å²) in [4.78, 5) is 14.5. The second-order valence-electron chi connectivity index (χ2n) is 6.86.